The van der Waals surface area contributed by atoms with Gasteiger partial charge in [-0.05, 0) is 48.7 Å². The molecule has 0 aromatic heterocycles. The van der Waals surface area contributed by atoms with Crippen molar-refractivity contribution < 1.29 is 19.7 Å². The summed E-state index contributed by atoms with van der Waals surface area (Å²) in [6, 6.07) is 13.8. The molecule has 4 nitrogen and oxygen atoms in total. The summed E-state index contributed by atoms with van der Waals surface area (Å²) in [5, 5.41) is 18.8. The fraction of sp³-hybridized carbons (Fsp3) is 0.235. The van der Waals surface area contributed by atoms with Gasteiger partial charge >= 0.3 is 5.97 Å². The molecule has 2 rings (SSSR count). The Morgan fingerprint density at radius 2 is 1.90 bits per heavy atom. The van der Waals surface area contributed by atoms with Gasteiger partial charge in [0.05, 0.1) is 12.5 Å². The van der Waals surface area contributed by atoms with Crippen LogP contribution in [0.4, 0.5) is 0 Å². The highest BCUT2D eigenvalue weighted by Crippen LogP contribution is 2.25. The van der Waals surface area contributed by atoms with Crippen molar-refractivity contribution in [3.05, 3.63) is 59.7 Å². The van der Waals surface area contributed by atoms with Crippen molar-refractivity contribution in [2.75, 3.05) is 6.61 Å². The predicted molar refractivity (Wildman–Crippen MR) is 79.8 cm³/mol. The van der Waals surface area contributed by atoms with Crippen LogP contribution in [0.15, 0.2) is 48.5 Å². The quantitative estimate of drug-likeness (QED) is 0.855. The van der Waals surface area contributed by atoms with E-state index in [-0.39, 0.29) is 5.75 Å². The number of aromatic hydroxyl groups is 1. The van der Waals surface area contributed by atoms with Crippen LogP contribution in [-0.4, -0.2) is 22.8 Å². The maximum absolute atomic E-state index is 11.6. The molecule has 21 heavy (non-hydrogen) atoms. The maximum Gasteiger partial charge on any atom is 0.311 e. The normalized spacial score (nSPS) is 11.9. The van der Waals surface area contributed by atoms with E-state index in [1.54, 1.807) is 42.5 Å². The second-order valence-corrected chi connectivity index (χ2v) is 4.77. The Morgan fingerprint density at radius 1 is 1.19 bits per heavy atom. The Bertz CT molecular complexity index is 604. The van der Waals surface area contributed by atoms with Crippen molar-refractivity contribution in [3.8, 4) is 11.5 Å². The summed E-state index contributed by atoms with van der Waals surface area (Å²) in [7, 11) is 0. The topological polar surface area (TPSA) is 66.8 Å². The van der Waals surface area contributed by atoms with Gasteiger partial charge in [0.15, 0.2) is 0 Å². The van der Waals surface area contributed by atoms with Gasteiger partial charge in [-0.3, -0.25) is 4.79 Å². The van der Waals surface area contributed by atoms with Crippen LogP contribution < -0.4 is 4.74 Å². The van der Waals surface area contributed by atoms with Crippen LogP contribution in [0.2, 0.25) is 0 Å². The van der Waals surface area contributed by atoms with Crippen LogP contribution >= 0.6 is 0 Å². The van der Waals surface area contributed by atoms with Gasteiger partial charge in [-0.25, -0.2) is 0 Å². The average molecular weight is 286 g/mol. The summed E-state index contributed by atoms with van der Waals surface area (Å²) in [6.45, 7) is 2.43. The first-order valence-electron chi connectivity index (χ1n) is 6.83. The standard InChI is InChI=1S/C17H18O4/c1-2-21-15-5-3-4-13(11-15)16(17(19)20)10-12-6-8-14(18)9-7-12/h3-9,11,16,18H,2,10H2,1H3,(H,19,20). The second kappa shape index (κ2) is 6.79. The molecule has 1 atom stereocenters. The van der Waals surface area contributed by atoms with Gasteiger partial charge in [0.1, 0.15) is 11.5 Å². The number of ether oxygens (including phenoxy) is 1. The lowest BCUT2D eigenvalue weighted by molar-refractivity contribution is -0.138. The van der Waals surface area contributed by atoms with E-state index in [4.69, 9.17) is 4.74 Å². The largest absolute Gasteiger partial charge is 0.508 e. The first-order valence-corrected chi connectivity index (χ1v) is 6.83. The van der Waals surface area contributed by atoms with Crippen molar-refractivity contribution in [2.24, 2.45) is 0 Å². The van der Waals surface area contributed by atoms with Gasteiger partial charge in [-0.15, -0.1) is 0 Å². The number of carbonyl (C=O) groups is 1. The summed E-state index contributed by atoms with van der Waals surface area (Å²) in [5.74, 6) is -0.678. The Labute approximate surface area is 123 Å². The third-order valence-electron chi connectivity index (χ3n) is 3.25. The Balaban J connectivity index is 2.24. The molecule has 2 aromatic carbocycles. The van der Waals surface area contributed by atoms with Crippen LogP contribution in [0.25, 0.3) is 0 Å². The molecule has 0 bridgehead atoms. The predicted octanol–water partition coefficient (Wildman–Crippen LogP) is 3.20. The molecule has 0 aliphatic rings. The smallest absolute Gasteiger partial charge is 0.311 e. The first-order chi connectivity index (χ1) is 10.1. The highest BCUT2D eigenvalue weighted by Gasteiger charge is 2.20. The van der Waals surface area contributed by atoms with E-state index < -0.39 is 11.9 Å². The monoisotopic (exact) mass is 286 g/mol. The van der Waals surface area contributed by atoms with Crippen molar-refractivity contribution in [1.82, 2.24) is 0 Å². The van der Waals surface area contributed by atoms with Gasteiger partial charge in [0, 0.05) is 0 Å². The van der Waals surface area contributed by atoms with E-state index in [9.17, 15) is 15.0 Å². The molecule has 0 aliphatic heterocycles. The van der Waals surface area contributed by atoms with Crippen molar-refractivity contribution in [2.45, 2.75) is 19.3 Å². The van der Waals surface area contributed by atoms with Crippen molar-refractivity contribution >= 4 is 5.97 Å². The van der Waals surface area contributed by atoms with E-state index in [1.165, 1.54) is 0 Å². The minimum Gasteiger partial charge on any atom is -0.508 e. The third-order valence-corrected chi connectivity index (χ3v) is 3.25. The summed E-state index contributed by atoms with van der Waals surface area (Å²) >= 11 is 0. The minimum atomic E-state index is -0.878. The Kier molecular flexibility index (Phi) is 4.82. The molecule has 0 heterocycles. The highest BCUT2D eigenvalue weighted by molar-refractivity contribution is 5.76. The molecule has 0 saturated heterocycles. The lowest BCUT2D eigenvalue weighted by atomic mass is 9.92. The molecular weight excluding hydrogens is 268 g/mol. The summed E-state index contributed by atoms with van der Waals surface area (Å²) in [4.78, 5) is 11.6. The van der Waals surface area contributed by atoms with Crippen LogP contribution in [-0.2, 0) is 11.2 Å². The number of rotatable bonds is 6. The zero-order valence-electron chi connectivity index (χ0n) is 11.8. The maximum atomic E-state index is 11.6. The first kappa shape index (κ1) is 14.9. The number of phenols is 1. The van der Waals surface area contributed by atoms with Crippen LogP contribution in [0, 0.1) is 0 Å². The summed E-state index contributed by atoms with van der Waals surface area (Å²) in [6.07, 6.45) is 0.366. The van der Waals surface area contributed by atoms with Crippen molar-refractivity contribution in [1.29, 1.82) is 0 Å². The molecule has 1 unspecified atom stereocenters. The van der Waals surface area contributed by atoms with Crippen molar-refractivity contribution in [3.63, 3.8) is 0 Å². The molecule has 0 spiro atoms. The third kappa shape index (κ3) is 3.99. The Morgan fingerprint density at radius 3 is 2.52 bits per heavy atom. The number of hydrogen-bond donors (Lipinski definition) is 2. The number of hydrogen-bond acceptors (Lipinski definition) is 3. The molecule has 0 fully saturated rings. The molecule has 2 N–H and O–H groups in total. The van der Waals surface area contributed by atoms with Gasteiger partial charge in [-0.1, -0.05) is 24.3 Å². The second-order valence-electron chi connectivity index (χ2n) is 4.77. The zero-order valence-corrected chi connectivity index (χ0v) is 11.8. The molecule has 110 valence electrons. The molecule has 0 saturated carbocycles. The minimum absolute atomic E-state index is 0.170. The van der Waals surface area contributed by atoms with Crippen LogP contribution in [0.1, 0.15) is 24.0 Å². The van der Waals surface area contributed by atoms with Gasteiger partial charge in [0.2, 0.25) is 0 Å². The van der Waals surface area contributed by atoms with E-state index in [2.05, 4.69) is 0 Å². The fourth-order valence-corrected chi connectivity index (χ4v) is 2.20. The number of carboxylic acid groups (broad SMARTS) is 1. The van der Waals surface area contributed by atoms with E-state index in [1.807, 2.05) is 13.0 Å². The molecule has 0 aliphatic carbocycles. The number of aliphatic carboxylic acids is 1. The molecule has 0 radical (unpaired) electrons. The average Bonchev–Trinajstić information content (AvgIpc) is 2.47. The SMILES string of the molecule is CCOc1cccc(C(Cc2ccc(O)cc2)C(=O)O)c1. The van der Waals surface area contributed by atoms with Gasteiger partial charge in [-0.2, -0.15) is 0 Å². The van der Waals surface area contributed by atoms with Crippen LogP contribution in [0.3, 0.4) is 0 Å². The van der Waals surface area contributed by atoms with Gasteiger partial charge < -0.3 is 14.9 Å². The molecule has 4 heteroatoms. The summed E-state index contributed by atoms with van der Waals surface area (Å²) < 4.78 is 5.42. The van der Waals surface area contributed by atoms with E-state index in [0.29, 0.717) is 24.3 Å². The summed E-state index contributed by atoms with van der Waals surface area (Å²) in [5.41, 5.74) is 1.57. The number of carboxylic acids is 1. The fourth-order valence-electron chi connectivity index (χ4n) is 2.20. The molecular formula is C17H18O4. The van der Waals surface area contributed by atoms with E-state index >= 15 is 0 Å². The van der Waals surface area contributed by atoms with E-state index in [0.717, 1.165) is 5.56 Å². The number of benzene rings is 2. The zero-order chi connectivity index (χ0) is 15.2. The molecule has 0 amide bonds. The number of phenolic OH excluding ortho intramolecular Hbond substituents is 1. The van der Waals surface area contributed by atoms with Crippen LogP contribution in [0.5, 0.6) is 11.5 Å². The lowest BCUT2D eigenvalue weighted by Crippen LogP contribution is -2.14. The Hall–Kier alpha value is -2.49. The lowest BCUT2D eigenvalue weighted by Gasteiger charge is -2.14. The highest BCUT2D eigenvalue weighted by atomic mass is 16.5. The van der Waals surface area contributed by atoms with Gasteiger partial charge in [0.25, 0.3) is 0 Å². The molecule has 2 aromatic rings.